The Morgan fingerprint density at radius 1 is 1.11 bits per heavy atom. The summed E-state index contributed by atoms with van der Waals surface area (Å²) in [4.78, 5) is 11.0. The van der Waals surface area contributed by atoms with Crippen LogP contribution >= 0.6 is 11.8 Å². The van der Waals surface area contributed by atoms with Crippen LogP contribution in [0.5, 0.6) is 5.75 Å². The molecule has 27 heavy (non-hydrogen) atoms. The second kappa shape index (κ2) is 9.23. The molecule has 0 atom stereocenters. The quantitative estimate of drug-likeness (QED) is 0.575. The van der Waals surface area contributed by atoms with Crippen molar-refractivity contribution in [3.8, 4) is 17.1 Å². The summed E-state index contributed by atoms with van der Waals surface area (Å²) in [5.74, 6) is 1.87. The number of primary amides is 1. The highest BCUT2D eigenvalue weighted by Crippen LogP contribution is 2.26. The van der Waals surface area contributed by atoms with Crippen molar-refractivity contribution in [2.75, 3.05) is 12.9 Å². The third kappa shape index (κ3) is 5.10. The summed E-state index contributed by atoms with van der Waals surface area (Å²) >= 11 is 1.50. The minimum absolute atomic E-state index is 0.312. The van der Waals surface area contributed by atoms with E-state index in [4.69, 9.17) is 10.5 Å². The molecule has 0 saturated heterocycles. The second-order valence-corrected chi connectivity index (χ2v) is 7.05. The molecule has 0 unspecified atom stereocenters. The van der Waals surface area contributed by atoms with E-state index in [0.29, 0.717) is 12.2 Å². The van der Waals surface area contributed by atoms with Crippen molar-refractivity contribution in [2.45, 2.75) is 24.5 Å². The molecular formula is C20H22N4O2S. The minimum atomic E-state index is -0.312. The van der Waals surface area contributed by atoms with Gasteiger partial charge in [0.2, 0.25) is 5.91 Å². The van der Waals surface area contributed by atoms with Crippen LogP contribution in [0.1, 0.15) is 12.0 Å². The van der Waals surface area contributed by atoms with Gasteiger partial charge in [0.25, 0.3) is 0 Å². The van der Waals surface area contributed by atoms with Crippen molar-refractivity contribution in [1.29, 1.82) is 0 Å². The van der Waals surface area contributed by atoms with Crippen LogP contribution in [0, 0.1) is 0 Å². The maximum absolute atomic E-state index is 11.0. The van der Waals surface area contributed by atoms with Gasteiger partial charge in [0.15, 0.2) is 11.0 Å². The molecule has 140 valence electrons. The number of carbonyl (C=O) groups is 1. The van der Waals surface area contributed by atoms with Crippen molar-refractivity contribution < 1.29 is 9.53 Å². The Kier molecular flexibility index (Phi) is 6.49. The van der Waals surface area contributed by atoms with Crippen LogP contribution in [0.2, 0.25) is 0 Å². The van der Waals surface area contributed by atoms with Gasteiger partial charge in [-0.15, -0.1) is 10.2 Å². The molecule has 3 aromatic rings. The lowest BCUT2D eigenvalue weighted by atomic mass is 10.1. The molecule has 3 rings (SSSR count). The van der Waals surface area contributed by atoms with E-state index in [1.54, 1.807) is 7.11 Å². The van der Waals surface area contributed by atoms with Gasteiger partial charge in [-0.1, -0.05) is 42.1 Å². The van der Waals surface area contributed by atoms with Crippen LogP contribution in [-0.2, 0) is 17.8 Å². The molecule has 0 aliphatic heterocycles. The Hall–Kier alpha value is -2.80. The van der Waals surface area contributed by atoms with Gasteiger partial charge in [-0.2, -0.15) is 0 Å². The molecule has 6 nitrogen and oxygen atoms in total. The maximum atomic E-state index is 11.0. The first-order valence-electron chi connectivity index (χ1n) is 8.70. The van der Waals surface area contributed by atoms with Crippen molar-refractivity contribution in [2.24, 2.45) is 5.73 Å². The van der Waals surface area contributed by atoms with Gasteiger partial charge >= 0.3 is 0 Å². The van der Waals surface area contributed by atoms with Gasteiger partial charge in [-0.25, -0.2) is 0 Å². The number of nitrogens with zero attached hydrogens (tertiary/aromatic N) is 3. The lowest BCUT2D eigenvalue weighted by Gasteiger charge is -2.11. The van der Waals surface area contributed by atoms with Gasteiger partial charge in [0.1, 0.15) is 5.75 Å². The zero-order valence-electron chi connectivity index (χ0n) is 15.2. The van der Waals surface area contributed by atoms with E-state index in [1.807, 2.05) is 42.5 Å². The highest BCUT2D eigenvalue weighted by molar-refractivity contribution is 7.99. The van der Waals surface area contributed by atoms with E-state index in [9.17, 15) is 4.79 Å². The van der Waals surface area contributed by atoms with Crippen molar-refractivity contribution >= 4 is 17.7 Å². The fourth-order valence-corrected chi connectivity index (χ4v) is 3.60. The fourth-order valence-electron chi connectivity index (χ4n) is 2.68. The van der Waals surface area contributed by atoms with E-state index in [0.717, 1.165) is 35.3 Å². The predicted octanol–water partition coefficient (Wildman–Crippen LogP) is 3.16. The number of nitrogens with two attached hydrogens (primary N) is 1. The second-order valence-electron chi connectivity index (χ2n) is 5.99. The van der Waals surface area contributed by atoms with E-state index in [-0.39, 0.29) is 5.91 Å². The average molecular weight is 382 g/mol. The molecule has 7 heteroatoms. The number of hydrogen-bond donors (Lipinski definition) is 1. The summed E-state index contributed by atoms with van der Waals surface area (Å²) in [6.45, 7) is 0.747. The van der Waals surface area contributed by atoms with Gasteiger partial charge in [-0.3, -0.25) is 4.79 Å². The summed E-state index contributed by atoms with van der Waals surface area (Å²) in [5, 5.41) is 9.51. The predicted molar refractivity (Wildman–Crippen MR) is 107 cm³/mol. The molecule has 2 N–H and O–H groups in total. The smallest absolute Gasteiger partial charge is 0.218 e. The molecule has 0 aliphatic carbocycles. The molecule has 0 saturated carbocycles. The SMILES string of the molecule is COc1ccc(-c2nnc(SCCC(N)=O)n2CCc2ccccc2)cc1. The van der Waals surface area contributed by atoms with Gasteiger partial charge in [0.05, 0.1) is 7.11 Å². The summed E-state index contributed by atoms with van der Waals surface area (Å²) in [7, 11) is 1.64. The van der Waals surface area contributed by atoms with Crippen LogP contribution < -0.4 is 10.5 Å². The molecular weight excluding hydrogens is 360 g/mol. The van der Waals surface area contributed by atoms with Crippen molar-refractivity contribution in [1.82, 2.24) is 14.8 Å². The molecule has 1 heterocycles. The summed E-state index contributed by atoms with van der Waals surface area (Å²) in [6.07, 6.45) is 1.18. The first-order valence-corrected chi connectivity index (χ1v) is 9.68. The Labute approximate surface area is 162 Å². The number of carbonyl (C=O) groups excluding carboxylic acids is 1. The summed E-state index contributed by atoms with van der Waals surface area (Å²) in [5.41, 5.74) is 7.47. The molecule has 1 aromatic heterocycles. The van der Waals surface area contributed by atoms with Crippen LogP contribution in [0.4, 0.5) is 0 Å². The topological polar surface area (TPSA) is 83.0 Å². The van der Waals surface area contributed by atoms with Crippen LogP contribution in [0.25, 0.3) is 11.4 Å². The molecule has 0 bridgehead atoms. The minimum Gasteiger partial charge on any atom is -0.497 e. The van der Waals surface area contributed by atoms with E-state index in [2.05, 4.69) is 26.9 Å². The Bertz CT molecular complexity index is 879. The normalized spacial score (nSPS) is 10.7. The third-order valence-corrected chi connectivity index (χ3v) is 5.08. The van der Waals surface area contributed by atoms with Gasteiger partial charge in [0, 0.05) is 24.3 Å². The standard InChI is InChI=1S/C20H22N4O2S/c1-26-17-9-7-16(8-10-17)19-22-23-20(27-14-12-18(21)25)24(19)13-11-15-5-3-2-4-6-15/h2-10H,11-14H2,1H3,(H2,21,25). The van der Waals surface area contributed by atoms with Crippen molar-refractivity contribution in [3.63, 3.8) is 0 Å². The van der Waals surface area contributed by atoms with Gasteiger partial charge < -0.3 is 15.0 Å². The number of aryl methyl sites for hydroxylation is 1. The number of aromatic nitrogens is 3. The fraction of sp³-hybridized carbons (Fsp3) is 0.250. The molecule has 0 aliphatic rings. The van der Waals surface area contributed by atoms with Crippen LogP contribution in [0.3, 0.4) is 0 Å². The first-order chi connectivity index (χ1) is 13.2. The monoisotopic (exact) mass is 382 g/mol. The number of ether oxygens (including phenoxy) is 1. The summed E-state index contributed by atoms with van der Waals surface area (Å²) < 4.78 is 7.33. The van der Waals surface area contributed by atoms with Crippen LogP contribution in [0.15, 0.2) is 59.8 Å². The number of thioether (sulfide) groups is 1. The molecule has 0 spiro atoms. The largest absolute Gasteiger partial charge is 0.497 e. The molecule has 0 radical (unpaired) electrons. The molecule has 0 fully saturated rings. The maximum Gasteiger partial charge on any atom is 0.218 e. The number of rotatable bonds is 9. The average Bonchev–Trinajstić information content (AvgIpc) is 3.09. The van der Waals surface area contributed by atoms with E-state index in [1.165, 1.54) is 17.3 Å². The number of hydrogen-bond acceptors (Lipinski definition) is 5. The zero-order chi connectivity index (χ0) is 19.1. The lowest BCUT2D eigenvalue weighted by Crippen LogP contribution is -2.11. The molecule has 1 amide bonds. The molecule has 2 aromatic carbocycles. The third-order valence-electron chi connectivity index (χ3n) is 4.11. The van der Waals surface area contributed by atoms with Crippen molar-refractivity contribution in [3.05, 3.63) is 60.2 Å². The highest BCUT2D eigenvalue weighted by Gasteiger charge is 2.15. The zero-order valence-corrected chi connectivity index (χ0v) is 16.0. The Balaban J connectivity index is 1.84. The van der Waals surface area contributed by atoms with E-state index < -0.39 is 0 Å². The Morgan fingerprint density at radius 3 is 2.52 bits per heavy atom. The van der Waals surface area contributed by atoms with Gasteiger partial charge in [-0.05, 0) is 36.2 Å². The first kappa shape index (κ1) is 19.0. The summed E-state index contributed by atoms with van der Waals surface area (Å²) in [6, 6.07) is 18.1. The number of methoxy groups -OCH3 is 1. The van der Waals surface area contributed by atoms with Crippen LogP contribution in [-0.4, -0.2) is 33.5 Å². The number of benzene rings is 2. The Morgan fingerprint density at radius 2 is 1.85 bits per heavy atom. The number of amides is 1. The highest BCUT2D eigenvalue weighted by atomic mass is 32.2. The van der Waals surface area contributed by atoms with E-state index >= 15 is 0 Å². The lowest BCUT2D eigenvalue weighted by molar-refractivity contribution is -0.117.